The molecule has 2 aromatic carbocycles. The summed E-state index contributed by atoms with van der Waals surface area (Å²) in [6.45, 7) is 0. The van der Waals surface area contributed by atoms with Crippen LogP contribution in [0, 0.1) is 10.1 Å². The molecule has 2 aromatic rings. The van der Waals surface area contributed by atoms with Gasteiger partial charge < -0.3 is 5.11 Å². The number of benzene rings is 2. The summed E-state index contributed by atoms with van der Waals surface area (Å²) in [4.78, 5) is 22.0. The monoisotopic (exact) mass is 353 g/mol. The lowest BCUT2D eigenvalue weighted by molar-refractivity contribution is -0.384. The van der Waals surface area contributed by atoms with Gasteiger partial charge in [-0.3, -0.25) is 14.9 Å². The van der Waals surface area contributed by atoms with Crippen LogP contribution in [0.1, 0.15) is 15.9 Å². The van der Waals surface area contributed by atoms with Crippen LogP contribution in [0.4, 0.5) is 5.69 Å². The second kappa shape index (κ2) is 7.08. The Bertz CT molecular complexity index is 809. The fraction of sp³-hybridized carbons (Fsp3) is 0. The van der Waals surface area contributed by atoms with Gasteiger partial charge in [-0.25, -0.2) is 5.43 Å². The molecule has 2 rings (SSSR count). The maximum Gasteiger partial charge on any atom is 0.275 e. The number of carbonyl (C=O) groups excluding carboxylic acids is 1. The standard InChI is InChI=1S/C14H9Cl2N3O4/c15-9-5-11(13(20)12(16)6-9)14(21)18-17-7-8-2-1-3-10(4-8)19(22)23/h1-7,20H,(H,18,21)/b17-7-. The summed E-state index contributed by atoms with van der Waals surface area (Å²) < 4.78 is 0. The summed E-state index contributed by atoms with van der Waals surface area (Å²) in [5.41, 5.74) is 2.36. The number of phenols is 1. The maximum absolute atomic E-state index is 11.9. The van der Waals surface area contributed by atoms with Crippen LogP contribution in [0.25, 0.3) is 0 Å². The highest BCUT2D eigenvalue weighted by molar-refractivity contribution is 6.36. The molecular weight excluding hydrogens is 345 g/mol. The minimum absolute atomic E-state index is 0.0645. The third kappa shape index (κ3) is 4.18. The molecule has 1 amide bonds. The first-order valence-electron chi connectivity index (χ1n) is 6.14. The average molecular weight is 354 g/mol. The van der Waals surface area contributed by atoms with Crippen molar-refractivity contribution in [3.63, 3.8) is 0 Å². The molecule has 0 saturated heterocycles. The zero-order valence-electron chi connectivity index (χ0n) is 11.4. The number of carbonyl (C=O) groups is 1. The number of aromatic hydroxyl groups is 1. The van der Waals surface area contributed by atoms with Gasteiger partial charge in [0, 0.05) is 22.7 Å². The fourth-order valence-corrected chi connectivity index (χ4v) is 2.18. The van der Waals surface area contributed by atoms with Crippen molar-refractivity contribution in [2.24, 2.45) is 5.10 Å². The molecule has 0 aliphatic carbocycles. The Labute approximate surface area is 140 Å². The van der Waals surface area contributed by atoms with Crippen LogP contribution in [-0.2, 0) is 0 Å². The molecule has 0 bridgehead atoms. The lowest BCUT2D eigenvalue weighted by Crippen LogP contribution is -2.17. The van der Waals surface area contributed by atoms with Crippen LogP contribution in [0.2, 0.25) is 10.0 Å². The number of nitrogens with zero attached hydrogens (tertiary/aromatic N) is 2. The molecule has 0 radical (unpaired) electrons. The van der Waals surface area contributed by atoms with Gasteiger partial charge >= 0.3 is 0 Å². The SMILES string of the molecule is O=C(N/N=C\c1cccc([N+](=O)[O-])c1)c1cc(Cl)cc(Cl)c1O. The molecule has 23 heavy (non-hydrogen) atoms. The van der Waals surface area contributed by atoms with E-state index in [4.69, 9.17) is 23.2 Å². The average Bonchev–Trinajstić information content (AvgIpc) is 2.51. The Morgan fingerprint density at radius 2 is 2.04 bits per heavy atom. The van der Waals surface area contributed by atoms with E-state index in [0.29, 0.717) is 5.56 Å². The first kappa shape index (κ1) is 16.7. The number of rotatable bonds is 4. The van der Waals surface area contributed by atoms with Gasteiger partial charge in [0.05, 0.1) is 21.7 Å². The second-order valence-corrected chi connectivity index (χ2v) is 5.18. The quantitative estimate of drug-likeness (QED) is 0.499. The zero-order chi connectivity index (χ0) is 17.0. The molecule has 0 aromatic heterocycles. The third-order valence-electron chi connectivity index (χ3n) is 2.73. The number of phenolic OH excluding ortho intramolecular Hbond substituents is 1. The molecule has 0 heterocycles. The van der Waals surface area contributed by atoms with E-state index in [0.717, 1.165) is 0 Å². The Morgan fingerprint density at radius 1 is 1.30 bits per heavy atom. The Kier molecular flexibility index (Phi) is 5.15. The van der Waals surface area contributed by atoms with Gasteiger partial charge in [-0.1, -0.05) is 35.3 Å². The first-order chi connectivity index (χ1) is 10.9. The Balaban J connectivity index is 2.13. The fourth-order valence-electron chi connectivity index (χ4n) is 1.68. The number of nitrogens with one attached hydrogen (secondary N) is 1. The summed E-state index contributed by atoms with van der Waals surface area (Å²) in [6, 6.07) is 8.23. The van der Waals surface area contributed by atoms with Gasteiger partial charge in [-0.2, -0.15) is 5.10 Å². The van der Waals surface area contributed by atoms with E-state index in [2.05, 4.69) is 10.5 Å². The molecule has 0 saturated carbocycles. The Morgan fingerprint density at radius 3 is 2.74 bits per heavy atom. The second-order valence-electron chi connectivity index (χ2n) is 4.34. The topological polar surface area (TPSA) is 105 Å². The number of hydrogen-bond acceptors (Lipinski definition) is 5. The van der Waals surface area contributed by atoms with Crippen LogP contribution in [0.15, 0.2) is 41.5 Å². The third-order valence-corrected chi connectivity index (χ3v) is 3.24. The molecule has 0 aliphatic rings. The first-order valence-corrected chi connectivity index (χ1v) is 6.90. The number of nitro groups is 1. The minimum Gasteiger partial charge on any atom is -0.506 e. The molecule has 0 spiro atoms. The van der Waals surface area contributed by atoms with Gasteiger partial charge in [0.1, 0.15) is 5.75 Å². The highest BCUT2D eigenvalue weighted by Crippen LogP contribution is 2.30. The van der Waals surface area contributed by atoms with E-state index in [9.17, 15) is 20.0 Å². The number of hydrogen-bond donors (Lipinski definition) is 2. The van der Waals surface area contributed by atoms with Crippen LogP contribution in [-0.4, -0.2) is 22.2 Å². The normalized spacial score (nSPS) is 10.7. The van der Waals surface area contributed by atoms with Crippen molar-refractivity contribution in [2.75, 3.05) is 0 Å². The van der Waals surface area contributed by atoms with Crippen molar-refractivity contribution in [1.82, 2.24) is 5.43 Å². The van der Waals surface area contributed by atoms with Crippen LogP contribution >= 0.6 is 23.2 Å². The molecule has 0 fully saturated rings. The lowest BCUT2D eigenvalue weighted by atomic mass is 10.2. The van der Waals surface area contributed by atoms with Crippen LogP contribution in [0.5, 0.6) is 5.75 Å². The van der Waals surface area contributed by atoms with Crippen LogP contribution < -0.4 is 5.43 Å². The van der Waals surface area contributed by atoms with Gasteiger partial charge in [-0.15, -0.1) is 0 Å². The van der Waals surface area contributed by atoms with E-state index >= 15 is 0 Å². The van der Waals surface area contributed by atoms with Gasteiger partial charge in [-0.05, 0) is 12.1 Å². The molecule has 2 N–H and O–H groups in total. The van der Waals surface area contributed by atoms with E-state index in [1.807, 2.05) is 0 Å². The molecule has 0 unspecified atom stereocenters. The minimum atomic E-state index is -0.728. The number of non-ortho nitro benzene ring substituents is 1. The lowest BCUT2D eigenvalue weighted by Gasteiger charge is -2.05. The van der Waals surface area contributed by atoms with Crippen molar-refractivity contribution in [2.45, 2.75) is 0 Å². The van der Waals surface area contributed by atoms with E-state index < -0.39 is 16.6 Å². The van der Waals surface area contributed by atoms with Gasteiger partial charge in [0.25, 0.3) is 11.6 Å². The zero-order valence-corrected chi connectivity index (χ0v) is 12.9. The largest absolute Gasteiger partial charge is 0.506 e. The smallest absolute Gasteiger partial charge is 0.275 e. The number of hydrazone groups is 1. The van der Waals surface area contributed by atoms with E-state index in [1.54, 1.807) is 6.07 Å². The summed E-state index contributed by atoms with van der Waals surface area (Å²) in [7, 11) is 0. The molecular formula is C14H9Cl2N3O4. The molecule has 0 atom stereocenters. The molecule has 0 aliphatic heterocycles. The number of amides is 1. The highest BCUT2D eigenvalue weighted by Gasteiger charge is 2.14. The van der Waals surface area contributed by atoms with Crippen molar-refractivity contribution in [1.29, 1.82) is 0 Å². The number of halogens is 2. The van der Waals surface area contributed by atoms with Crippen molar-refractivity contribution >= 4 is 41.0 Å². The highest BCUT2D eigenvalue weighted by atomic mass is 35.5. The molecule has 7 nitrogen and oxygen atoms in total. The van der Waals surface area contributed by atoms with E-state index in [-0.39, 0.29) is 21.3 Å². The predicted octanol–water partition coefficient (Wildman–Crippen LogP) is 3.37. The maximum atomic E-state index is 11.9. The van der Waals surface area contributed by atoms with Gasteiger partial charge in [0.2, 0.25) is 0 Å². The summed E-state index contributed by atoms with van der Waals surface area (Å²) >= 11 is 11.5. The summed E-state index contributed by atoms with van der Waals surface area (Å²) in [5, 5.41) is 24.2. The number of nitro benzene ring substituents is 1. The summed E-state index contributed by atoms with van der Waals surface area (Å²) in [6.07, 6.45) is 1.23. The predicted molar refractivity (Wildman–Crippen MR) is 86.3 cm³/mol. The van der Waals surface area contributed by atoms with Crippen molar-refractivity contribution < 1.29 is 14.8 Å². The van der Waals surface area contributed by atoms with Crippen LogP contribution in [0.3, 0.4) is 0 Å². The Hall–Kier alpha value is -2.64. The molecule has 9 heteroatoms. The van der Waals surface area contributed by atoms with E-state index in [1.165, 1.54) is 36.5 Å². The molecule has 118 valence electrons. The van der Waals surface area contributed by atoms with Crippen molar-refractivity contribution in [3.8, 4) is 5.75 Å². The summed E-state index contributed by atoms with van der Waals surface area (Å²) in [5.74, 6) is -1.15. The van der Waals surface area contributed by atoms with Crippen molar-refractivity contribution in [3.05, 3.63) is 67.7 Å². The van der Waals surface area contributed by atoms with Gasteiger partial charge in [0.15, 0.2) is 0 Å².